The molecule has 0 radical (unpaired) electrons. The molecule has 26 heavy (non-hydrogen) atoms. The van der Waals surface area contributed by atoms with Crippen molar-refractivity contribution in [1.82, 2.24) is 4.90 Å². The molecule has 2 aromatic rings. The summed E-state index contributed by atoms with van der Waals surface area (Å²) >= 11 is 5.91. The molecule has 0 amide bonds. The number of nitrogens with zero attached hydrogens (tertiary/aromatic N) is 1. The number of piperidine rings is 1. The lowest BCUT2D eigenvalue weighted by Crippen LogP contribution is -2.38. The average Bonchev–Trinajstić information content (AvgIpc) is 2.65. The normalized spacial score (nSPS) is 17.8. The minimum absolute atomic E-state index is 0.0258. The summed E-state index contributed by atoms with van der Waals surface area (Å²) in [6.45, 7) is 4.63. The van der Waals surface area contributed by atoms with Crippen molar-refractivity contribution in [3.63, 3.8) is 0 Å². The van der Waals surface area contributed by atoms with E-state index in [1.807, 2.05) is 19.1 Å². The Morgan fingerprint density at radius 1 is 1.27 bits per heavy atom. The fourth-order valence-corrected chi connectivity index (χ4v) is 3.60. The monoisotopic (exact) mass is 373 g/mol. The molecule has 0 aliphatic carbocycles. The highest BCUT2D eigenvalue weighted by atomic mass is 35.5. The molecule has 1 heterocycles. The van der Waals surface area contributed by atoms with Gasteiger partial charge in [-0.3, -0.25) is 9.69 Å². The largest absolute Gasteiger partial charge is 0.504 e. The molecule has 5 heteroatoms. The molecular weight excluding hydrogens is 350 g/mol. The molecule has 0 unspecified atom stereocenters. The van der Waals surface area contributed by atoms with Crippen LogP contribution >= 0.6 is 11.6 Å². The van der Waals surface area contributed by atoms with Gasteiger partial charge in [0.05, 0.1) is 6.61 Å². The number of likely N-dealkylation sites (tertiary alicyclic amines) is 1. The predicted octanol–water partition coefficient (Wildman–Crippen LogP) is 4.54. The van der Waals surface area contributed by atoms with Gasteiger partial charge >= 0.3 is 0 Å². The quantitative estimate of drug-likeness (QED) is 0.755. The number of carbonyl (C=O) groups is 1. The van der Waals surface area contributed by atoms with Gasteiger partial charge in [-0.15, -0.1) is 0 Å². The second kappa shape index (κ2) is 8.56. The average molecular weight is 374 g/mol. The summed E-state index contributed by atoms with van der Waals surface area (Å²) < 4.78 is 5.46. The van der Waals surface area contributed by atoms with Crippen LogP contribution in [-0.4, -0.2) is 35.5 Å². The Kier molecular flexibility index (Phi) is 6.17. The van der Waals surface area contributed by atoms with Gasteiger partial charge in [-0.2, -0.15) is 0 Å². The molecule has 0 spiro atoms. The molecule has 4 nitrogen and oxygen atoms in total. The number of halogens is 1. The van der Waals surface area contributed by atoms with Gasteiger partial charge in [0.1, 0.15) is 0 Å². The molecule has 1 N–H and O–H groups in total. The Morgan fingerprint density at radius 3 is 2.77 bits per heavy atom. The summed E-state index contributed by atoms with van der Waals surface area (Å²) in [5.74, 6) is 0.845. The van der Waals surface area contributed by atoms with E-state index >= 15 is 0 Å². The van der Waals surface area contributed by atoms with Crippen molar-refractivity contribution in [3.05, 3.63) is 58.6 Å². The molecule has 1 saturated heterocycles. The minimum Gasteiger partial charge on any atom is -0.504 e. The van der Waals surface area contributed by atoms with Crippen LogP contribution in [0.4, 0.5) is 0 Å². The fourth-order valence-electron chi connectivity index (χ4n) is 3.47. The number of aromatic hydroxyl groups is 1. The first kappa shape index (κ1) is 18.7. The molecular formula is C21H24ClNO3. The van der Waals surface area contributed by atoms with Gasteiger partial charge in [0.25, 0.3) is 0 Å². The van der Waals surface area contributed by atoms with Crippen LogP contribution < -0.4 is 4.74 Å². The summed E-state index contributed by atoms with van der Waals surface area (Å²) in [7, 11) is 0. The molecule has 1 aliphatic rings. The van der Waals surface area contributed by atoms with E-state index in [2.05, 4.69) is 4.90 Å². The summed E-state index contributed by atoms with van der Waals surface area (Å²) in [5, 5.41) is 11.0. The summed E-state index contributed by atoms with van der Waals surface area (Å²) in [6.07, 6.45) is 1.86. The van der Waals surface area contributed by atoms with Crippen molar-refractivity contribution in [2.45, 2.75) is 26.3 Å². The Labute approximate surface area is 159 Å². The van der Waals surface area contributed by atoms with Crippen LogP contribution in [0, 0.1) is 5.92 Å². The van der Waals surface area contributed by atoms with Crippen LogP contribution in [0.1, 0.15) is 35.7 Å². The van der Waals surface area contributed by atoms with E-state index in [1.165, 1.54) is 0 Å². The van der Waals surface area contributed by atoms with Crippen molar-refractivity contribution in [2.24, 2.45) is 5.92 Å². The fraction of sp³-hybridized carbons (Fsp3) is 0.381. The maximum atomic E-state index is 12.8. The lowest BCUT2D eigenvalue weighted by molar-refractivity contribution is 0.0810. The number of benzene rings is 2. The lowest BCUT2D eigenvalue weighted by Gasteiger charge is -2.32. The van der Waals surface area contributed by atoms with Gasteiger partial charge in [0, 0.05) is 35.2 Å². The van der Waals surface area contributed by atoms with Crippen LogP contribution in [-0.2, 0) is 6.54 Å². The maximum absolute atomic E-state index is 12.8. The van der Waals surface area contributed by atoms with E-state index in [9.17, 15) is 9.90 Å². The highest BCUT2D eigenvalue weighted by Crippen LogP contribution is 2.32. The van der Waals surface area contributed by atoms with E-state index in [0.29, 0.717) is 36.0 Å². The zero-order valence-electron chi connectivity index (χ0n) is 15.0. The molecule has 2 aromatic carbocycles. The first-order valence-corrected chi connectivity index (χ1v) is 9.42. The number of phenolic OH excluding ortho intramolecular Hbond substituents is 1. The van der Waals surface area contributed by atoms with Gasteiger partial charge in [0.2, 0.25) is 0 Å². The van der Waals surface area contributed by atoms with E-state index in [0.717, 1.165) is 24.9 Å². The molecule has 1 atom stereocenters. The molecule has 0 bridgehead atoms. The summed E-state index contributed by atoms with van der Waals surface area (Å²) in [6, 6.07) is 12.7. The van der Waals surface area contributed by atoms with Crippen LogP contribution in [0.25, 0.3) is 0 Å². The third kappa shape index (κ3) is 4.37. The van der Waals surface area contributed by atoms with Crippen molar-refractivity contribution in [1.29, 1.82) is 0 Å². The topological polar surface area (TPSA) is 49.8 Å². The minimum atomic E-state index is -0.0258. The third-order valence-electron chi connectivity index (χ3n) is 4.78. The first-order valence-electron chi connectivity index (χ1n) is 9.04. The Balaban J connectivity index is 1.68. The van der Waals surface area contributed by atoms with Gasteiger partial charge in [-0.05, 0) is 56.6 Å². The van der Waals surface area contributed by atoms with Gasteiger partial charge < -0.3 is 9.84 Å². The number of ketones is 1. The second-order valence-electron chi connectivity index (χ2n) is 6.64. The molecule has 1 aliphatic heterocycles. The molecule has 1 fully saturated rings. The second-order valence-corrected chi connectivity index (χ2v) is 7.08. The zero-order valence-corrected chi connectivity index (χ0v) is 15.7. The number of carbonyl (C=O) groups excluding carboxylic acids is 1. The van der Waals surface area contributed by atoms with Crippen molar-refractivity contribution < 1.29 is 14.6 Å². The van der Waals surface area contributed by atoms with E-state index in [4.69, 9.17) is 16.3 Å². The number of rotatable bonds is 6. The summed E-state index contributed by atoms with van der Waals surface area (Å²) in [5.41, 5.74) is 1.54. The predicted molar refractivity (Wildman–Crippen MR) is 103 cm³/mol. The molecule has 3 rings (SSSR count). The van der Waals surface area contributed by atoms with Crippen LogP contribution in [0.15, 0.2) is 42.5 Å². The lowest BCUT2D eigenvalue weighted by atomic mass is 9.90. The Morgan fingerprint density at radius 2 is 2.04 bits per heavy atom. The Bertz CT molecular complexity index is 760. The number of hydrogen-bond acceptors (Lipinski definition) is 4. The highest BCUT2D eigenvalue weighted by molar-refractivity contribution is 6.30. The van der Waals surface area contributed by atoms with Crippen molar-refractivity contribution in [3.8, 4) is 11.5 Å². The SMILES string of the molecule is CCOc1cccc(CN2CCC[C@@H](C(=O)c3ccc(Cl)cc3)C2)c1O. The smallest absolute Gasteiger partial charge is 0.167 e. The van der Waals surface area contributed by atoms with E-state index < -0.39 is 0 Å². The third-order valence-corrected chi connectivity index (χ3v) is 5.03. The molecule has 0 saturated carbocycles. The first-order chi connectivity index (χ1) is 12.6. The van der Waals surface area contributed by atoms with Crippen molar-refractivity contribution >= 4 is 17.4 Å². The summed E-state index contributed by atoms with van der Waals surface area (Å²) in [4.78, 5) is 15.0. The van der Waals surface area contributed by atoms with Crippen LogP contribution in [0.2, 0.25) is 5.02 Å². The zero-order chi connectivity index (χ0) is 18.5. The van der Waals surface area contributed by atoms with Gasteiger partial charge in [-0.25, -0.2) is 0 Å². The molecule has 0 aromatic heterocycles. The molecule has 138 valence electrons. The maximum Gasteiger partial charge on any atom is 0.167 e. The number of ether oxygens (including phenoxy) is 1. The standard InChI is InChI=1S/C21H24ClNO3/c1-2-26-19-7-3-5-17(21(19)25)14-23-12-4-6-16(13-23)20(24)15-8-10-18(22)11-9-15/h3,5,7-11,16,25H,2,4,6,12-14H2,1H3/t16-/m1/s1. The number of phenols is 1. The van der Waals surface area contributed by atoms with Crippen LogP contribution in [0.3, 0.4) is 0 Å². The van der Waals surface area contributed by atoms with Gasteiger partial charge in [-0.1, -0.05) is 23.7 Å². The van der Waals surface area contributed by atoms with Crippen molar-refractivity contribution in [2.75, 3.05) is 19.7 Å². The number of hydrogen-bond donors (Lipinski definition) is 1. The van der Waals surface area contributed by atoms with E-state index in [1.54, 1.807) is 30.3 Å². The van der Waals surface area contributed by atoms with Gasteiger partial charge in [0.15, 0.2) is 17.3 Å². The Hall–Kier alpha value is -2.04. The number of para-hydroxylation sites is 1. The number of Topliss-reactive ketones (excluding diaryl/α,β-unsaturated/α-hetero) is 1. The van der Waals surface area contributed by atoms with E-state index in [-0.39, 0.29) is 17.5 Å². The highest BCUT2D eigenvalue weighted by Gasteiger charge is 2.27. The van der Waals surface area contributed by atoms with Crippen LogP contribution in [0.5, 0.6) is 11.5 Å².